The van der Waals surface area contributed by atoms with Gasteiger partial charge in [0.2, 0.25) is 5.91 Å². The second-order valence-corrected chi connectivity index (χ2v) is 7.49. The Hall–Kier alpha value is -1.74. The number of piperidine rings is 1. The number of thioether (sulfide) groups is 1. The zero-order valence-corrected chi connectivity index (χ0v) is 15.0. The standard InChI is InChI=1S/C21H25NOS/c1-2-18-13-9-10-16-22(18)21(23)20(17-11-5-3-6-12-17)24-19-14-7-4-8-15-19/h3-8,11-12,14-15,18,20H,2,9-10,13,16H2,1H3/t18-,20-/m0/s1. The van der Waals surface area contributed by atoms with E-state index in [0.29, 0.717) is 6.04 Å². The van der Waals surface area contributed by atoms with Crippen molar-refractivity contribution in [3.63, 3.8) is 0 Å². The predicted molar refractivity (Wildman–Crippen MR) is 101 cm³/mol. The summed E-state index contributed by atoms with van der Waals surface area (Å²) in [6.07, 6.45) is 4.55. The lowest BCUT2D eigenvalue weighted by atomic mass is 9.99. The highest BCUT2D eigenvalue weighted by atomic mass is 32.2. The van der Waals surface area contributed by atoms with Crippen LogP contribution in [-0.2, 0) is 4.79 Å². The zero-order valence-electron chi connectivity index (χ0n) is 14.2. The van der Waals surface area contributed by atoms with Gasteiger partial charge in [0.15, 0.2) is 0 Å². The van der Waals surface area contributed by atoms with E-state index in [1.807, 2.05) is 36.4 Å². The van der Waals surface area contributed by atoms with E-state index in [-0.39, 0.29) is 11.2 Å². The van der Waals surface area contributed by atoms with E-state index in [0.717, 1.165) is 36.3 Å². The molecule has 2 nitrogen and oxygen atoms in total. The topological polar surface area (TPSA) is 20.3 Å². The van der Waals surface area contributed by atoms with Gasteiger partial charge in [0.1, 0.15) is 5.25 Å². The molecule has 1 saturated heterocycles. The van der Waals surface area contributed by atoms with Gasteiger partial charge in [-0.05, 0) is 43.4 Å². The van der Waals surface area contributed by atoms with Crippen LogP contribution in [0.3, 0.4) is 0 Å². The molecule has 0 N–H and O–H groups in total. The summed E-state index contributed by atoms with van der Waals surface area (Å²) >= 11 is 1.66. The summed E-state index contributed by atoms with van der Waals surface area (Å²) in [5, 5.41) is -0.166. The first-order valence-corrected chi connectivity index (χ1v) is 9.74. The highest BCUT2D eigenvalue weighted by Crippen LogP contribution is 2.38. The molecule has 2 atom stereocenters. The number of nitrogens with zero attached hydrogens (tertiary/aromatic N) is 1. The lowest BCUT2D eigenvalue weighted by Crippen LogP contribution is -2.45. The quantitative estimate of drug-likeness (QED) is 0.688. The summed E-state index contributed by atoms with van der Waals surface area (Å²) in [6.45, 7) is 3.09. The van der Waals surface area contributed by atoms with Crippen molar-refractivity contribution < 1.29 is 4.79 Å². The Morgan fingerprint density at radius 3 is 2.42 bits per heavy atom. The van der Waals surface area contributed by atoms with E-state index >= 15 is 0 Å². The summed E-state index contributed by atoms with van der Waals surface area (Å²) in [7, 11) is 0. The fourth-order valence-corrected chi connectivity index (χ4v) is 4.51. The van der Waals surface area contributed by atoms with Gasteiger partial charge in [0.25, 0.3) is 0 Å². The minimum absolute atomic E-state index is 0.166. The van der Waals surface area contributed by atoms with E-state index in [2.05, 4.69) is 36.1 Å². The van der Waals surface area contributed by atoms with Gasteiger partial charge in [-0.3, -0.25) is 4.79 Å². The molecule has 0 bridgehead atoms. The van der Waals surface area contributed by atoms with Gasteiger partial charge >= 0.3 is 0 Å². The molecule has 0 aromatic heterocycles. The third kappa shape index (κ3) is 4.02. The molecule has 0 aliphatic carbocycles. The molecule has 0 unspecified atom stereocenters. The average molecular weight is 340 g/mol. The molecule has 3 heteroatoms. The molecule has 0 spiro atoms. The molecule has 0 radical (unpaired) electrons. The Bertz CT molecular complexity index is 643. The van der Waals surface area contributed by atoms with E-state index in [1.165, 1.54) is 6.42 Å². The molecule has 1 heterocycles. The Labute approximate surface area is 149 Å². The predicted octanol–water partition coefficient (Wildman–Crippen LogP) is 5.31. The van der Waals surface area contributed by atoms with Gasteiger partial charge in [0, 0.05) is 17.5 Å². The van der Waals surface area contributed by atoms with Crippen molar-refractivity contribution in [3.8, 4) is 0 Å². The second-order valence-electron chi connectivity index (χ2n) is 6.31. The smallest absolute Gasteiger partial charge is 0.240 e. The molecule has 1 aliphatic rings. The van der Waals surface area contributed by atoms with Crippen molar-refractivity contribution in [1.82, 2.24) is 4.90 Å². The molecule has 2 aromatic carbocycles. The van der Waals surface area contributed by atoms with Crippen LogP contribution >= 0.6 is 11.8 Å². The number of hydrogen-bond donors (Lipinski definition) is 0. The van der Waals surface area contributed by atoms with Crippen molar-refractivity contribution in [2.24, 2.45) is 0 Å². The van der Waals surface area contributed by atoms with Gasteiger partial charge in [-0.1, -0.05) is 55.5 Å². The van der Waals surface area contributed by atoms with Crippen LogP contribution in [0.5, 0.6) is 0 Å². The molecule has 2 aromatic rings. The Kier molecular flexibility index (Phi) is 5.97. The van der Waals surface area contributed by atoms with Crippen molar-refractivity contribution in [2.45, 2.75) is 48.8 Å². The number of benzene rings is 2. The summed E-state index contributed by atoms with van der Waals surface area (Å²) in [6, 6.07) is 20.8. The first kappa shape index (κ1) is 17.1. The normalized spacial score (nSPS) is 19.0. The van der Waals surface area contributed by atoms with Crippen LogP contribution in [0.25, 0.3) is 0 Å². The van der Waals surface area contributed by atoms with Crippen LogP contribution in [-0.4, -0.2) is 23.4 Å². The average Bonchev–Trinajstić information content (AvgIpc) is 2.67. The molecule has 126 valence electrons. The summed E-state index contributed by atoms with van der Waals surface area (Å²) in [5.41, 5.74) is 1.09. The van der Waals surface area contributed by atoms with Crippen molar-refractivity contribution in [1.29, 1.82) is 0 Å². The van der Waals surface area contributed by atoms with E-state index in [1.54, 1.807) is 11.8 Å². The molecular weight excluding hydrogens is 314 g/mol. The molecule has 1 amide bonds. The van der Waals surface area contributed by atoms with Crippen LogP contribution in [0.15, 0.2) is 65.6 Å². The SMILES string of the molecule is CC[C@H]1CCCCN1C(=O)[C@@H](Sc1ccccc1)c1ccccc1. The van der Waals surface area contributed by atoms with E-state index < -0.39 is 0 Å². The van der Waals surface area contributed by atoms with Crippen molar-refractivity contribution in [3.05, 3.63) is 66.2 Å². The number of carbonyl (C=O) groups excluding carboxylic acids is 1. The minimum Gasteiger partial charge on any atom is -0.338 e. The number of carbonyl (C=O) groups is 1. The first-order valence-electron chi connectivity index (χ1n) is 8.86. The molecule has 24 heavy (non-hydrogen) atoms. The van der Waals surface area contributed by atoms with Gasteiger partial charge < -0.3 is 4.90 Å². The maximum absolute atomic E-state index is 13.4. The third-order valence-electron chi connectivity index (χ3n) is 4.71. The highest BCUT2D eigenvalue weighted by Gasteiger charge is 2.32. The Balaban J connectivity index is 1.87. The maximum atomic E-state index is 13.4. The van der Waals surface area contributed by atoms with Crippen LogP contribution in [0, 0.1) is 0 Å². The lowest BCUT2D eigenvalue weighted by molar-refractivity contribution is -0.134. The monoisotopic (exact) mass is 339 g/mol. The highest BCUT2D eigenvalue weighted by molar-refractivity contribution is 8.00. The first-order chi connectivity index (χ1) is 11.8. The van der Waals surface area contributed by atoms with Crippen LogP contribution in [0.1, 0.15) is 43.4 Å². The molecular formula is C21H25NOS. The van der Waals surface area contributed by atoms with Crippen LogP contribution in [0.2, 0.25) is 0 Å². The maximum Gasteiger partial charge on any atom is 0.240 e. The molecule has 1 aliphatic heterocycles. The fraction of sp³-hybridized carbons (Fsp3) is 0.381. The second kappa shape index (κ2) is 8.39. The number of rotatable bonds is 5. The summed E-state index contributed by atoms with van der Waals surface area (Å²) in [4.78, 5) is 16.7. The van der Waals surface area contributed by atoms with Gasteiger partial charge in [0.05, 0.1) is 0 Å². The van der Waals surface area contributed by atoms with Crippen molar-refractivity contribution >= 4 is 17.7 Å². The largest absolute Gasteiger partial charge is 0.338 e. The summed E-state index contributed by atoms with van der Waals surface area (Å²) < 4.78 is 0. The Morgan fingerprint density at radius 2 is 1.75 bits per heavy atom. The zero-order chi connectivity index (χ0) is 16.8. The minimum atomic E-state index is -0.166. The van der Waals surface area contributed by atoms with Gasteiger partial charge in [-0.2, -0.15) is 0 Å². The lowest BCUT2D eigenvalue weighted by Gasteiger charge is -2.37. The Morgan fingerprint density at radius 1 is 1.08 bits per heavy atom. The van der Waals surface area contributed by atoms with Crippen molar-refractivity contribution in [2.75, 3.05) is 6.54 Å². The molecule has 3 rings (SSSR count). The van der Waals surface area contributed by atoms with E-state index in [4.69, 9.17) is 0 Å². The molecule has 0 saturated carbocycles. The van der Waals surface area contributed by atoms with E-state index in [9.17, 15) is 4.79 Å². The van der Waals surface area contributed by atoms with Gasteiger partial charge in [-0.25, -0.2) is 0 Å². The fourth-order valence-electron chi connectivity index (χ4n) is 3.39. The number of hydrogen-bond acceptors (Lipinski definition) is 2. The van der Waals surface area contributed by atoms with Crippen LogP contribution < -0.4 is 0 Å². The number of likely N-dealkylation sites (tertiary alicyclic amines) is 1. The van der Waals surface area contributed by atoms with Gasteiger partial charge in [-0.15, -0.1) is 11.8 Å². The molecule has 1 fully saturated rings. The summed E-state index contributed by atoms with van der Waals surface area (Å²) in [5.74, 6) is 0.265. The number of amides is 1. The third-order valence-corrected chi connectivity index (χ3v) is 5.96. The van der Waals surface area contributed by atoms with Crippen LogP contribution in [0.4, 0.5) is 0 Å².